The Morgan fingerprint density at radius 1 is 1.35 bits per heavy atom. The van der Waals surface area contributed by atoms with Crippen LogP contribution in [0.3, 0.4) is 0 Å². The first-order valence-corrected chi connectivity index (χ1v) is 8.15. The van der Waals surface area contributed by atoms with Gasteiger partial charge in [0.15, 0.2) is 5.69 Å². The molecule has 1 aromatic heterocycles. The van der Waals surface area contributed by atoms with Crippen molar-refractivity contribution in [3.8, 4) is 0 Å². The molecule has 1 amide bonds. The van der Waals surface area contributed by atoms with Crippen molar-refractivity contribution in [1.29, 1.82) is 0 Å². The molecule has 8 heteroatoms. The highest BCUT2D eigenvalue weighted by Crippen LogP contribution is 2.20. The van der Waals surface area contributed by atoms with E-state index in [0.717, 1.165) is 12.8 Å². The highest BCUT2D eigenvalue weighted by Gasteiger charge is 2.30. The standard InChI is InChI=1S/C12H22N4O3S/c1-5-8-10(20(13,18)19)9(16-15-8)11(17)14-12(4,6-2)7-3/h5-7H2,1-4H3,(H,14,17)(H,15,16)(H2,13,18,19). The Hall–Kier alpha value is -1.41. The number of amides is 1. The zero-order valence-electron chi connectivity index (χ0n) is 12.3. The molecule has 0 atom stereocenters. The van der Waals surface area contributed by atoms with Crippen LogP contribution >= 0.6 is 0 Å². The molecule has 0 radical (unpaired) electrons. The number of carbonyl (C=O) groups excluding carboxylic acids is 1. The second kappa shape index (κ2) is 5.92. The third-order valence-electron chi connectivity index (χ3n) is 3.62. The summed E-state index contributed by atoms with van der Waals surface area (Å²) in [4.78, 5) is 12.0. The van der Waals surface area contributed by atoms with E-state index in [1.54, 1.807) is 6.92 Å². The number of hydrogen-bond acceptors (Lipinski definition) is 4. The van der Waals surface area contributed by atoms with Crippen LogP contribution in [-0.4, -0.2) is 30.1 Å². The average molecular weight is 302 g/mol. The smallest absolute Gasteiger partial charge is 0.273 e. The van der Waals surface area contributed by atoms with Crippen LogP contribution in [-0.2, 0) is 16.4 Å². The summed E-state index contributed by atoms with van der Waals surface area (Å²) in [6.07, 6.45) is 1.85. The molecule has 0 aromatic carbocycles. The number of sulfonamides is 1. The van der Waals surface area contributed by atoms with Gasteiger partial charge in [-0.25, -0.2) is 13.6 Å². The molecule has 1 rings (SSSR count). The molecule has 0 aliphatic heterocycles. The lowest BCUT2D eigenvalue weighted by molar-refractivity contribution is 0.0892. The Bertz CT molecular complexity index is 588. The molecule has 7 nitrogen and oxygen atoms in total. The van der Waals surface area contributed by atoms with Gasteiger partial charge in [0.25, 0.3) is 5.91 Å². The molecule has 0 saturated heterocycles. The maximum atomic E-state index is 12.3. The summed E-state index contributed by atoms with van der Waals surface area (Å²) in [5, 5.41) is 14.4. The van der Waals surface area contributed by atoms with E-state index in [9.17, 15) is 13.2 Å². The van der Waals surface area contributed by atoms with Crippen molar-refractivity contribution in [2.24, 2.45) is 5.14 Å². The van der Waals surface area contributed by atoms with Gasteiger partial charge in [-0.15, -0.1) is 0 Å². The van der Waals surface area contributed by atoms with E-state index in [-0.39, 0.29) is 10.6 Å². The van der Waals surface area contributed by atoms with Crippen molar-refractivity contribution in [1.82, 2.24) is 15.5 Å². The van der Waals surface area contributed by atoms with Crippen molar-refractivity contribution in [3.05, 3.63) is 11.4 Å². The number of aryl methyl sites for hydroxylation is 1. The Balaban J connectivity index is 3.22. The second-order valence-electron chi connectivity index (χ2n) is 5.00. The molecule has 20 heavy (non-hydrogen) atoms. The van der Waals surface area contributed by atoms with Crippen molar-refractivity contribution in [2.45, 2.75) is 57.4 Å². The van der Waals surface area contributed by atoms with Gasteiger partial charge in [-0.3, -0.25) is 9.89 Å². The summed E-state index contributed by atoms with van der Waals surface area (Å²) in [6.45, 7) is 7.56. The van der Waals surface area contributed by atoms with Crippen LogP contribution in [0.2, 0.25) is 0 Å². The molecule has 0 spiro atoms. The van der Waals surface area contributed by atoms with E-state index in [4.69, 9.17) is 5.14 Å². The molecule has 0 aliphatic carbocycles. The summed E-state index contributed by atoms with van der Waals surface area (Å²) in [5.41, 5.74) is -0.234. The second-order valence-corrected chi connectivity index (χ2v) is 6.50. The molecule has 1 aromatic rings. The van der Waals surface area contributed by atoms with Crippen molar-refractivity contribution >= 4 is 15.9 Å². The zero-order valence-corrected chi connectivity index (χ0v) is 13.1. The number of primary sulfonamides is 1. The van der Waals surface area contributed by atoms with E-state index in [2.05, 4.69) is 15.5 Å². The molecular formula is C12H22N4O3S. The van der Waals surface area contributed by atoms with Gasteiger partial charge in [-0.1, -0.05) is 20.8 Å². The molecule has 0 bridgehead atoms. The summed E-state index contributed by atoms with van der Waals surface area (Å²) in [7, 11) is -4.00. The summed E-state index contributed by atoms with van der Waals surface area (Å²) in [5.74, 6) is -0.531. The largest absolute Gasteiger partial charge is 0.345 e. The number of nitrogens with zero attached hydrogens (tertiary/aromatic N) is 1. The third-order valence-corrected chi connectivity index (χ3v) is 4.63. The fourth-order valence-electron chi connectivity index (χ4n) is 1.83. The molecule has 1 heterocycles. The number of carbonyl (C=O) groups is 1. The third kappa shape index (κ3) is 3.37. The Kier molecular flexibility index (Phi) is 4.93. The highest BCUT2D eigenvalue weighted by molar-refractivity contribution is 7.89. The van der Waals surface area contributed by atoms with E-state index < -0.39 is 21.5 Å². The monoisotopic (exact) mass is 302 g/mol. The number of nitrogens with two attached hydrogens (primary N) is 1. The van der Waals surface area contributed by atoms with Gasteiger partial charge in [0, 0.05) is 5.54 Å². The fourth-order valence-corrected chi connectivity index (χ4v) is 2.77. The minimum absolute atomic E-state index is 0.169. The van der Waals surface area contributed by atoms with Gasteiger partial charge >= 0.3 is 0 Å². The molecule has 114 valence electrons. The quantitative estimate of drug-likeness (QED) is 0.724. The van der Waals surface area contributed by atoms with E-state index in [1.165, 1.54) is 0 Å². The van der Waals surface area contributed by atoms with E-state index in [0.29, 0.717) is 12.1 Å². The van der Waals surface area contributed by atoms with Crippen LogP contribution < -0.4 is 10.5 Å². The van der Waals surface area contributed by atoms with Crippen LogP contribution in [0.15, 0.2) is 4.90 Å². The van der Waals surface area contributed by atoms with Crippen LogP contribution in [0.4, 0.5) is 0 Å². The lowest BCUT2D eigenvalue weighted by Gasteiger charge is -2.27. The first kappa shape index (κ1) is 16.6. The Labute approximate surface area is 119 Å². The Morgan fingerprint density at radius 3 is 2.30 bits per heavy atom. The van der Waals surface area contributed by atoms with Crippen LogP contribution in [0.25, 0.3) is 0 Å². The van der Waals surface area contributed by atoms with Crippen LogP contribution in [0.1, 0.15) is 56.7 Å². The normalized spacial score (nSPS) is 12.4. The number of hydrogen-bond donors (Lipinski definition) is 3. The maximum Gasteiger partial charge on any atom is 0.273 e. The predicted octanol–water partition coefficient (Wildman–Crippen LogP) is 0.928. The maximum absolute atomic E-state index is 12.3. The number of aromatic amines is 1. The van der Waals surface area contributed by atoms with Gasteiger partial charge in [-0.05, 0) is 26.2 Å². The van der Waals surface area contributed by atoms with Crippen LogP contribution in [0.5, 0.6) is 0 Å². The van der Waals surface area contributed by atoms with Gasteiger partial charge in [0.05, 0.1) is 5.69 Å². The predicted molar refractivity (Wildman–Crippen MR) is 75.8 cm³/mol. The van der Waals surface area contributed by atoms with Crippen molar-refractivity contribution in [3.63, 3.8) is 0 Å². The average Bonchev–Trinajstić information content (AvgIpc) is 2.82. The highest BCUT2D eigenvalue weighted by atomic mass is 32.2. The molecule has 0 unspecified atom stereocenters. The van der Waals surface area contributed by atoms with Crippen molar-refractivity contribution in [2.75, 3.05) is 0 Å². The minimum Gasteiger partial charge on any atom is -0.345 e. The van der Waals surface area contributed by atoms with Gasteiger partial charge in [0.2, 0.25) is 10.0 Å². The lowest BCUT2D eigenvalue weighted by atomic mass is 9.95. The first-order valence-electron chi connectivity index (χ1n) is 6.61. The van der Waals surface area contributed by atoms with Crippen molar-refractivity contribution < 1.29 is 13.2 Å². The molecule has 4 N–H and O–H groups in total. The summed E-state index contributed by atoms with van der Waals surface area (Å²) in [6, 6.07) is 0. The molecule has 0 fully saturated rings. The van der Waals surface area contributed by atoms with Gasteiger partial charge in [0.1, 0.15) is 4.90 Å². The van der Waals surface area contributed by atoms with Crippen LogP contribution in [0, 0.1) is 0 Å². The summed E-state index contributed by atoms with van der Waals surface area (Å²) < 4.78 is 23.3. The first-order chi connectivity index (χ1) is 9.18. The van der Waals surface area contributed by atoms with E-state index >= 15 is 0 Å². The minimum atomic E-state index is -4.00. The number of nitrogens with one attached hydrogen (secondary N) is 2. The number of H-pyrrole nitrogens is 1. The lowest BCUT2D eigenvalue weighted by Crippen LogP contribution is -2.45. The SMILES string of the molecule is CCc1[nH]nc(C(=O)NC(C)(CC)CC)c1S(N)(=O)=O. The molecule has 0 saturated carbocycles. The number of rotatable bonds is 6. The molecule has 0 aliphatic rings. The van der Waals surface area contributed by atoms with Gasteiger partial charge in [-0.2, -0.15) is 5.10 Å². The zero-order chi connectivity index (χ0) is 15.6. The molecular weight excluding hydrogens is 280 g/mol. The number of aromatic nitrogens is 2. The van der Waals surface area contributed by atoms with Gasteiger partial charge < -0.3 is 5.32 Å². The van der Waals surface area contributed by atoms with E-state index in [1.807, 2.05) is 20.8 Å². The summed E-state index contributed by atoms with van der Waals surface area (Å²) >= 11 is 0. The topological polar surface area (TPSA) is 118 Å². The Morgan fingerprint density at radius 2 is 1.90 bits per heavy atom. The fraction of sp³-hybridized carbons (Fsp3) is 0.667.